The van der Waals surface area contributed by atoms with Gasteiger partial charge in [-0.15, -0.1) is 0 Å². The molecule has 0 spiro atoms. The molecule has 22 heavy (non-hydrogen) atoms. The van der Waals surface area contributed by atoms with Crippen LogP contribution in [0.2, 0.25) is 5.02 Å². The molecule has 0 radical (unpaired) electrons. The lowest BCUT2D eigenvalue weighted by Crippen LogP contribution is -2.13. The van der Waals surface area contributed by atoms with Gasteiger partial charge in [-0.2, -0.15) is 4.39 Å². The number of hydrogen-bond donors (Lipinski definition) is 2. The van der Waals surface area contributed by atoms with E-state index >= 15 is 0 Å². The Morgan fingerprint density at radius 2 is 2.00 bits per heavy atom. The molecule has 1 atom stereocenters. The molecule has 0 aliphatic rings. The smallest absolute Gasteiger partial charge is 0.327 e. The summed E-state index contributed by atoms with van der Waals surface area (Å²) in [6.45, 7) is -0.161. The van der Waals surface area contributed by atoms with E-state index in [1.807, 2.05) is 0 Å². The maximum absolute atomic E-state index is 13.4. The fraction of sp³-hybridized carbons (Fsp3) is 0.143. The zero-order chi connectivity index (χ0) is 16.3. The van der Waals surface area contributed by atoms with Crippen LogP contribution in [0.5, 0.6) is 0 Å². The van der Waals surface area contributed by atoms with E-state index in [1.165, 1.54) is 24.3 Å². The van der Waals surface area contributed by atoms with Crippen LogP contribution < -0.4 is 5.32 Å². The molecule has 5 nitrogen and oxygen atoms in total. The van der Waals surface area contributed by atoms with Crippen LogP contribution in [-0.2, 0) is 0 Å². The van der Waals surface area contributed by atoms with Gasteiger partial charge in [0.05, 0.1) is 16.0 Å². The molecule has 0 heterocycles. The Morgan fingerprint density at radius 3 is 2.64 bits per heavy atom. The molecule has 0 fully saturated rings. The highest BCUT2D eigenvalue weighted by atomic mass is 35.5. The first-order chi connectivity index (χ1) is 10.4. The number of para-hydroxylation sites is 1. The van der Waals surface area contributed by atoms with Crippen LogP contribution in [0.15, 0.2) is 36.4 Å². The summed E-state index contributed by atoms with van der Waals surface area (Å²) in [6, 6.07) is 7.37. The predicted octanol–water partition coefficient (Wildman–Crippen LogP) is 3.67. The second-order valence-electron chi connectivity index (χ2n) is 4.46. The Hall–Kier alpha value is -2.25. The number of nitro groups is 1. The summed E-state index contributed by atoms with van der Waals surface area (Å²) in [4.78, 5) is 9.98. The molecule has 0 aliphatic carbocycles. The number of anilines is 1. The number of aliphatic hydroxyl groups excluding tert-OH is 1. The third kappa shape index (κ3) is 3.49. The summed E-state index contributed by atoms with van der Waals surface area (Å²) < 4.78 is 26.8. The van der Waals surface area contributed by atoms with E-state index in [1.54, 1.807) is 0 Å². The summed E-state index contributed by atoms with van der Waals surface area (Å²) in [7, 11) is 0. The van der Waals surface area contributed by atoms with E-state index in [-0.39, 0.29) is 22.8 Å². The molecule has 2 aromatic rings. The molecular weight excluding hydrogens is 318 g/mol. The van der Waals surface area contributed by atoms with Gasteiger partial charge in [0.15, 0.2) is 0 Å². The molecule has 0 bridgehead atoms. The predicted molar refractivity (Wildman–Crippen MR) is 77.9 cm³/mol. The average Bonchev–Trinajstić information content (AvgIpc) is 2.47. The van der Waals surface area contributed by atoms with Crippen LogP contribution in [0.3, 0.4) is 0 Å². The summed E-state index contributed by atoms with van der Waals surface area (Å²) in [5.74, 6) is -1.67. The lowest BCUT2D eigenvalue weighted by molar-refractivity contribution is -0.386. The standard InChI is InChI=1S/C14H11ClF2N2O3/c15-9-5-4-8(6-11(9)17)13(20)7-18-12-3-1-2-10(16)14(12)19(21)22/h1-6,13,18,20H,7H2. The zero-order valence-corrected chi connectivity index (χ0v) is 11.8. The number of hydrogen-bond acceptors (Lipinski definition) is 4. The highest BCUT2D eigenvalue weighted by Crippen LogP contribution is 2.28. The van der Waals surface area contributed by atoms with E-state index in [0.29, 0.717) is 0 Å². The van der Waals surface area contributed by atoms with E-state index in [2.05, 4.69) is 5.32 Å². The number of nitrogens with one attached hydrogen (secondary N) is 1. The van der Waals surface area contributed by atoms with Crippen molar-refractivity contribution in [3.63, 3.8) is 0 Å². The zero-order valence-electron chi connectivity index (χ0n) is 11.1. The fourth-order valence-corrected chi connectivity index (χ4v) is 2.01. The first kappa shape index (κ1) is 16.1. The van der Waals surface area contributed by atoms with Crippen molar-refractivity contribution < 1.29 is 18.8 Å². The number of benzene rings is 2. The van der Waals surface area contributed by atoms with E-state index in [0.717, 1.165) is 12.1 Å². The number of nitro benzene ring substituents is 1. The van der Waals surface area contributed by atoms with E-state index in [9.17, 15) is 24.0 Å². The van der Waals surface area contributed by atoms with Crippen LogP contribution >= 0.6 is 11.6 Å². The fourth-order valence-electron chi connectivity index (χ4n) is 1.89. The second-order valence-corrected chi connectivity index (χ2v) is 4.87. The van der Waals surface area contributed by atoms with Crippen molar-refractivity contribution in [3.05, 3.63) is 68.7 Å². The third-order valence-corrected chi connectivity index (χ3v) is 3.29. The Bertz CT molecular complexity index is 712. The minimum absolute atomic E-state index is 0.0708. The van der Waals surface area contributed by atoms with Gasteiger partial charge in [-0.3, -0.25) is 10.1 Å². The molecule has 2 N–H and O–H groups in total. The van der Waals surface area contributed by atoms with Crippen molar-refractivity contribution in [1.82, 2.24) is 0 Å². The first-order valence-corrected chi connectivity index (χ1v) is 6.57. The Morgan fingerprint density at radius 1 is 1.27 bits per heavy atom. The van der Waals surface area contributed by atoms with Crippen molar-refractivity contribution in [2.75, 3.05) is 11.9 Å². The maximum Gasteiger partial charge on any atom is 0.327 e. The van der Waals surface area contributed by atoms with Crippen LogP contribution in [0.4, 0.5) is 20.2 Å². The highest BCUT2D eigenvalue weighted by molar-refractivity contribution is 6.30. The number of nitrogens with zero attached hydrogens (tertiary/aromatic N) is 1. The van der Waals surface area contributed by atoms with Crippen molar-refractivity contribution in [2.24, 2.45) is 0 Å². The monoisotopic (exact) mass is 328 g/mol. The Labute approximate surface area is 129 Å². The van der Waals surface area contributed by atoms with Gasteiger partial charge < -0.3 is 10.4 Å². The van der Waals surface area contributed by atoms with Crippen molar-refractivity contribution >= 4 is 23.0 Å². The lowest BCUT2D eigenvalue weighted by Gasteiger charge is -2.14. The minimum atomic E-state index is -1.14. The van der Waals surface area contributed by atoms with Crippen LogP contribution in [0.25, 0.3) is 0 Å². The Kier molecular flexibility index (Phi) is 4.89. The van der Waals surface area contributed by atoms with Gasteiger partial charge in [0.25, 0.3) is 0 Å². The molecular formula is C14H11ClF2N2O3. The largest absolute Gasteiger partial charge is 0.387 e. The van der Waals surface area contributed by atoms with Crippen LogP contribution in [-0.4, -0.2) is 16.6 Å². The minimum Gasteiger partial charge on any atom is -0.387 e. The van der Waals surface area contributed by atoms with Gasteiger partial charge in [-0.25, -0.2) is 4.39 Å². The molecule has 8 heteroatoms. The summed E-state index contributed by atoms with van der Waals surface area (Å²) in [6.07, 6.45) is -1.14. The van der Waals surface area contributed by atoms with Gasteiger partial charge in [-0.1, -0.05) is 23.7 Å². The summed E-state index contributed by atoms with van der Waals surface area (Å²) in [5.41, 5.74) is -0.538. The number of halogens is 3. The van der Waals surface area contributed by atoms with Gasteiger partial charge in [0.2, 0.25) is 5.82 Å². The second kappa shape index (κ2) is 6.67. The molecule has 0 amide bonds. The maximum atomic E-state index is 13.4. The molecule has 0 saturated heterocycles. The molecule has 116 valence electrons. The van der Waals surface area contributed by atoms with Crippen LogP contribution in [0.1, 0.15) is 11.7 Å². The van der Waals surface area contributed by atoms with Crippen molar-refractivity contribution in [3.8, 4) is 0 Å². The van der Waals surface area contributed by atoms with Gasteiger partial charge in [0.1, 0.15) is 11.5 Å². The SMILES string of the molecule is O=[N+]([O-])c1c(F)cccc1NCC(O)c1ccc(Cl)c(F)c1. The van der Waals surface area contributed by atoms with E-state index < -0.39 is 28.3 Å². The van der Waals surface area contributed by atoms with Gasteiger partial charge in [0, 0.05) is 6.54 Å². The van der Waals surface area contributed by atoms with E-state index in [4.69, 9.17) is 11.6 Å². The molecule has 0 aromatic heterocycles. The van der Waals surface area contributed by atoms with Crippen molar-refractivity contribution in [2.45, 2.75) is 6.10 Å². The Balaban J connectivity index is 2.14. The summed E-state index contributed by atoms with van der Waals surface area (Å²) in [5, 5.41) is 23.3. The average molecular weight is 329 g/mol. The molecule has 2 rings (SSSR count). The van der Waals surface area contributed by atoms with Gasteiger partial charge >= 0.3 is 5.69 Å². The number of aliphatic hydroxyl groups is 1. The first-order valence-electron chi connectivity index (χ1n) is 6.20. The quantitative estimate of drug-likeness (QED) is 0.648. The summed E-state index contributed by atoms with van der Waals surface area (Å²) >= 11 is 5.54. The van der Waals surface area contributed by atoms with Crippen LogP contribution in [0, 0.1) is 21.7 Å². The normalized spacial score (nSPS) is 12.0. The third-order valence-electron chi connectivity index (χ3n) is 2.98. The molecule has 0 aliphatic heterocycles. The molecule has 2 aromatic carbocycles. The molecule has 0 saturated carbocycles. The highest BCUT2D eigenvalue weighted by Gasteiger charge is 2.20. The number of rotatable bonds is 5. The molecule has 1 unspecified atom stereocenters. The van der Waals surface area contributed by atoms with Crippen molar-refractivity contribution in [1.29, 1.82) is 0 Å². The topological polar surface area (TPSA) is 75.4 Å². The van der Waals surface area contributed by atoms with Gasteiger partial charge in [-0.05, 0) is 29.8 Å². The lowest BCUT2D eigenvalue weighted by atomic mass is 10.1.